The number of hydrazine groups is 1. The monoisotopic (exact) mass is 410 g/mol. The number of carbonyl (C=O) groups is 3. The number of pyridine rings is 1. The second-order valence-corrected chi connectivity index (χ2v) is 7.28. The van der Waals surface area contributed by atoms with Crippen LogP contribution in [0.1, 0.15) is 34.1 Å². The van der Waals surface area contributed by atoms with Crippen LogP contribution in [0.3, 0.4) is 0 Å². The lowest BCUT2D eigenvalue weighted by molar-refractivity contribution is -0.168. The predicted molar refractivity (Wildman–Crippen MR) is 113 cm³/mol. The summed E-state index contributed by atoms with van der Waals surface area (Å²) in [5.41, 5.74) is 0.465. The Morgan fingerprint density at radius 3 is 2.53 bits per heavy atom. The largest absolute Gasteiger partial charge is 0.480 e. The Hall–Kier alpha value is -3.26. The minimum Gasteiger partial charge on any atom is -0.480 e. The Morgan fingerprint density at radius 2 is 1.93 bits per heavy atom. The minimum absolute atomic E-state index is 0.0190. The molecular formula is C22H26N4O4. The molecule has 2 unspecified atom stereocenters. The Bertz CT molecular complexity index is 1030. The van der Waals surface area contributed by atoms with Crippen molar-refractivity contribution in [2.75, 3.05) is 11.9 Å². The quantitative estimate of drug-likeness (QED) is 0.723. The molecule has 2 atom stereocenters. The fraction of sp³-hybridized carbons (Fsp3) is 0.364. The summed E-state index contributed by atoms with van der Waals surface area (Å²) < 4.78 is 0. The van der Waals surface area contributed by atoms with Crippen molar-refractivity contribution >= 4 is 34.1 Å². The molecule has 3 rings (SSSR count). The summed E-state index contributed by atoms with van der Waals surface area (Å²) in [5, 5.41) is 17.7. The number of anilines is 1. The molecule has 2 heterocycles. The third kappa shape index (κ3) is 3.66. The first-order chi connectivity index (χ1) is 14.3. The maximum absolute atomic E-state index is 13.4. The van der Waals surface area contributed by atoms with Crippen molar-refractivity contribution in [3.63, 3.8) is 0 Å². The fourth-order valence-corrected chi connectivity index (χ4v) is 3.82. The van der Waals surface area contributed by atoms with Crippen LogP contribution in [0, 0.1) is 0 Å². The number of hydrogen-bond acceptors (Lipinski definition) is 6. The van der Waals surface area contributed by atoms with E-state index in [4.69, 9.17) is 0 Å². The number of fused-ring (bicyclic) bond motifs is 1. The molecule has 0 saturated heterocycles. The van der Waals surface area contributed by atoms with Gasteiger partial charge >= 0.3 is 5.97 Å². The van der Waals surface area contributed by atoms with Gasteiger partial charge in [-0.25, -0.2) is 0 Å². The number of nitrogens with zero attached hydrogens (tertiary/aromatic N) is 3. The SMILES string of the molecule is CCC(C)N1C(C(=O)O)C(C(C)=O)=C(Nc2cncc3ccccc23)C(=O)N1CC. The molecule has 1 aliphatic heterocycles. The molecule has 2 N–H and O–H groups in total. The molecule has 158 valence electrons. The number of ketones is 1. The molecule has 0 saturated carbocycles. The summed E-state index contributed by atoms with van der Waals surface area (Å²) in [6.07, 6.45) is 3.88. The maximum atomic E-state index is 13.4. The molecule has 0 fully saturated rings. The summed E-state index contributed by atoms with van der Waals surface area (Å²) in [6, 6.07) is 5.99. The van der Waals surface area contributed by atoms with Crippen molar-refractivity contribution < 1.29 is 19.5 Å². The van der Waals surface area contributed by atoms with Gasteiger partial charge in [-0.05, 0) is 27.2 Å². The number of nitrogens with one attached hydrogen (secondary N) is 1. The average molecular weight is 410 g/mol. The zero-order chi connectivity index (χ0) is 22.0. The zero-order valence-electron chi connectivity index (χ0n) is 17.5. The summed E-state index contributed by atoms with van der Waals surface area (Å²) in [7, 11) is 0. The summed E-state index contributed by atoms with van der Waals surface area (Å²) >= 11 is 0. The van der Waals surface area contributed by atoms with Gasteiger partial charge in [-0.2, -0.15) is 5.01 Å². The molecule has 0 bridgehead atoms. The Balaban J connectivity index is 2.22. The van der Waals surface area contributed by atoms with Gasteiger partial charge in [0.05, 0.1) is 17.5 Å². The lowest BCUT2D eigenvalue weighted by Crippen LogP contribution is -2.63. The van der Waals surface area contributed by atoms with Crippen molar-refractivity contribution in [2.24, 2.45) is 0 Å². The van der Waals surface area contributed by atoms with Gasteiger partial charge in [0.2, 0.25) is 0 Å². The molecule has 8 nitrogen and oxygen atoms in total. The molecule has 0 radical (unpaired) electrons. The molecular weight excluding hydrogens is 384 g/mol. The number of aromatic nitrogens is 1. The number of hydrogen-bond donors (Lipinski definition) is 2. The highest BCUT2D eigenvalue weighted by atomic mass is 16.4. The van der Waals surface area contributed by atoms with Crippen molar-refractivity contribution in [3.05, 3.63) is 47.9 Å². The number of carboxylic acid groups (broad SMARTS) is 1. The second kappa shape index (κ2) is 8.62. The summed E-state index contributed by atoms with van der Waals surface area (Å²) in [4.78, 5) is 42.5. The lowest BCUT2D eigenvalue weighted by Gasteiger charge is -2.46. The van der Waals surface area contributed by atoms with Gasteiger partial charge in [0.15, 0.2) is 11.8 Å². The molecule has 1 aromatic carbocycles. The van der Waals surface area contributed by atoms with Gasteiger partial charge in [-0.1, -0.05) is 31.2 Å². The molecule has 0 spiro atoms. The molecule has 2 aromatic rings. The van der Waals surface area contributed by atoms with E-state index in [1.165, 1.54) is 16.9 Å². The Kier molecular flexibility index (Phi) is 6.17. The number of aliphatic carboxylic acids is 1. The van der Waals surface area contributed by atoms with Crippen LogP contribution in [0.4, 0.5) is 5.69 Å². The highest BCUT2D eigenvalue weighted by molar-refractivity contribution is 6.12. The van der Waals surface area contributed by atoms with Crippen LogP contribution in [-0.2, 0) is 14.4 Å². The Morgan fingerprint density at radius 1 is 1.23 bits per heavy atom. The number of likely N-dealkylation sites (N-methyl/N-ethyl adjacent to an activating group) is 1. The number of amides is 1. The van der Waals surface area contributed by atoms with Gasteiger partial charge < -0.3 is 10.4 Å². The van der Waals surface area contributed by atoms with Crippen LogP contribution in [0.25, 0.3) is 10.8 Å². The van der Waals surface area contributed by atoms with E-state index in [1.807, 2.05) is 38.1 Å². The molecule has 1 aromatic heterocycles. The maximum Gasteiger partial charge on any atom is 0.327 e. The van der Waals surface area contributed by atoms with Gasteiger partial charge in [0, 0.05) is 29.6 Å². The van der Waals surface area contributed by atoms with Gasteiger partial charge in [0.1, 0.15) is 5.70 Å². The first-order valence-corrected chi connectivity index (χ1v) is 9.99. The van der Waals surface area contributed by atoms with Crippen LogP contribution in [0.2, 0.25) is 0 Å². The lowest BCUT2D eigenvalue weighted by atomic mass is 9.95. The van der Waals surface area contributed by atoms with Crippen molar-refractivity contribution in [2.45, 2.75) is 46.2 Å². The number of benzene rings is 1. The normalized spacial score (nSPS) is 18.6. The first-order valence-electron chi connectivity index (χ1n) is 9.99. The van der Waals surface area contributed by atoms with Crippen LogP contribution in [-0.4, -0.2) is 56.4 Å². The molecule has 0 aliphatic carbocycles. The van der Waals surface area contributed by atoms with Crippen molar-refractivity contribution in [1.82, 2.24) is 15.0 Å². The van der Waals surface area contributed by atoms with E-state index >= 15 is 0 Å². The highest BCUT2D eigenvalue weighted by Gasteiger charge is 2.46. The van der Waals surface area contributed by atoms with E-state index < -0.39 is 23.7 Å². The fourth-order valence-electron chi connectivity index (χ4n) is 3.82. The first kappa shape index (κ1) is 21.4. The van der Waals surface area contributed by atoms with Crippen LogP contribution in [0.15, 0.2) is 47.9 Å². The smallest absolute Gasteiger partial charge is 0.327 e. The Labute approximate surface area is 175 Å². The van der Waals surface area contributed by atoms with Crippen molar-refractivity contribution in [3.8, 4) is 0 Å². The van der Waals surface area contributed by atoms with E-state index in [0.717, 1.165) is 10.8 Å². The van der Waals surface area contributed by atoms with Crippen LogP contribution < -0.4 is 5.32 Å². The zero-order valence-corrected chi connectivity index (χ0v) is 17.5. The molecule has 1 amide bonds. The predicted octanol–water partition coefficient (Wildman–Crippen LogP) is 2.82. The van der Waals surface area contributed by atoms with Gasteiger partial charge in [-0.15, -0.1) is 0 Å². The second-order valence-electron chi connectivity index (χ2n) is 7.28. The number of Topliss-reactive ketones (excluding diaryl/α,β-unsaturated/α-hetero) is 1. The highest BCUT2D eigenvalue weighted by Crippen LogP contribution is 2.32. The van der Waals surface area contributed by atoms with E-state index in [2.05, 4.69) is 10.3 Å². The van der Waals surface area contributed by atoms with E-state index in [0.29, 0.717) is 12.1 Å². The number of carboxylic acids is 1. The third-order valence-corrected chi connectivity index (χ3v) is 5.42. The summed E-state index contributed by atoms with van der Waals surface area (Å²) in [6.45, 7) is 7.10. The molecule has 30 heavy (non-hydrogen) atoms. The van der Waals surface area contributed by atoms with E-state index in [1.54, 1.807) is 19.3 Å². The number of carbonyl (C=O) groups excluding carboxylic acids is 2. The third-order valence-electron chi connectivity index (χ3n) is 5.42. The standard InChI is InChI=1S/C22H26N4O4/c1-5-13(3)26-20(22(29)30)18(14(4)27)19(21(28)25(26)6-2)24-17-12-23-11-15-9-7-8-10-16(15)17/h7-13,20,24H,5-6H2,1-4H3,(H,29,30). The van der Waals surface area contributed by atoms with Crippen molar-refractivity contribution in [1.29, 1.82) is 0 Å². The van der Waals surface area contributed by atoms with Crippen LogP contribution in [0.5, 0.6) is 0 Å². The molecule has 1 aliphatic rings. The summed E-state index contributed by atoms with van der Waals surface area (Å²) in [5.74, 6) is -2.08. The van der Waals surface area contributed by atoms with E-state index in [-0.39, 0.29) is 23.9 Å². The molecule has 8 heteroatoms. The number of rotatable bonds is 7. The average Bonchev–Trinajstić information content (AvgIpc) is 2.73. The topological polar surface area (TPSA) is 103 Å². The minimum atomic E-state index is -1.26. The van der Waals surface area contributed by atoms with Gasteiger partial charge in [0.25, 0.3) is 5.91 Å². The van der Waals surface area contributed by atoms with Gasteiger partial charge in [-0.3, -0.25) is 24.4 Å². The van der Waals surface area contributed by atoms with Crippen LogP contribution >= 0.6 is 0 Å². The van der Waals surface area contributed by atoms with E-state index in [9.17, 15) is 19.5 Å².